The summed E-state index contributed by atoms with van der Waals surface area (Å²) < 4.78 is 0. The third-order valence-electron chi connectivity index (χ3n) is 0.880. The number of hydrogen-bond donors (Lipinski definition) is 1. The molecule has 1 N–H and O–H groups in total. The first-order valence-corrected chi connectivity index (χ1v) is 2.88. The zero-order valence-corrected chi connectivity index (χ0v) is 5.76. The van der Waals surface area contributed by atoms with Crippen molar-refractivity contribution >= 4 is 17.7 Å². The van der Waals surface area contributed by atoms with Crippen LogP contribution in [-0.4, -0.2) is 22.7 Å². The first-order valence-electron chi connectivity index (χ1n) is 2.41. The molecule has 1 heterocycles. The van der Waals surface area contributed by atoms with Gasteiger partial charge >= 0.3 is 0 Å². The largest absolute Gasteiger partial charge is 0.260 e. The van der Waals surface area contributed by atoms with Gasteiger partial charge in [0.05, 0.1) is 11.7 Å². The lowest BCUT2D eigenvalue weighted by Gasteiger charge is -2.21. The number of nitrogens with one attached hydrogen (secondary N) is 1. The minimum absolute atomic E-state index is 1.47. The fourth-order valence-corrected chi connectivity index (χ4v) is 0.518. The van der Waals surface area contributed by atoms with E-state index in [0.717, 1.165) is 0 Å². The van der Waals surface area contributed by atoms with Gasteiger partial charge in [0.25, 0.3) is 0 Å². The summed E-state index contributed by atoms with van der Waals surface area (Å²) in [5, 5.41) is 3.08. The molecular formula is C4H7N3OS. The van der Waals surface area contributed by atoms with E-state index in [-0.39, 0.29) is 0 Å². The van der Waals surface area contributed by atoms with E-state index < -0.39 is 0 Å². The van der Waals surface area contributed by atoms with E-state index in [1.165, 1.54) is 10.7 Å². The molecule has 50 valence electrons. The molecule has 9 heavy (non-hydrogen) atoms. The van der Waals surface area contributed by atoms with Crippen LogP contribution in [0.2, 0.25) is 0 Å². The van der Waals surface area contributed by atoms with Gasteiger partial charge in [0.15, 0.2) is 0 Å². The molecule has 1 aliphatic rings. The second-order valence-electron chi connectivity index (χ2n) is 1.51. The molecule has 0 atom stereocenters. The molecule has 1 rings (SSSR count). The third kappa shape index (κ3) is 1.30. The molecule has 0 saturated heterocycles. The topological polar surface area (TPSA) is 27.7 Å². The van der Waals surface area contributed by atoms with Gasteiger partial charge in [-0.05, 0) is 0 Å². The molecule has 0 bridgehead atoms. The Kier molecular flexibility index (Phi) is 1.86. The number of hydroxylamine groups is 2. The Balaban J connectivity index is 2.42. The first-order chi connectivity index (χ1) is 4.34. The lowest BCUT2D eigenvalue weighted by molar-refractivity contribution is -0.224. The number of hydrazine groups is 1. The van der Waals surface area contributed by atoms with Gasteiger partial charge in [-0.1, -0.05) is 12.2 Å². The minimum Gasteiger partial charge on any atom is -0.260 e. The molecule has 0 fully saturated rings. The lowest BCUT2D eigenvalue weighted by atomic mass is 10.9. The average Bonchev–Trinajstić information content (AvgIpc) is 2.37. The maximum absolute atomic E-state index is 4.81. The summed E-state index contributed by atoms with van der Waals surface area (Å²) in [7, 11) is 1.78. The number of thiocarbonyl (C=S) groups is 1. The summed E-state index contributed by atoms with van der Waals surface area (Å²) in [6.07, 6.45) is 3.37. The summed E-state index contributed by atoms with van der Waals surface area (Å²) in [5.74, 6) is 0. The van der Waals surface area contributed by atoms with E-state index in [9.17, 15) is 0 Å². The maximum atomic E-state index is 4.81. The van der Waals surface area contributed by atoms with Gasteiger partial charge in [0.1, 0.15) is 0 Å². The molecule has 0 amide bonds. The van der Waals surface area contributed by atoms with E-state index in [1.54, 1.807) is 24.5 Å². The summed E-state index contributed by atoms with van der Waals surface area (Å²) >= 11 is 4.63. The van der Waals surface area contributed by atoms with Crippen LogP contribution in [0.3, 0.4) is 0 Å². The van der Waals surface area contributed by atoms with Crippen molar-refractivity contribution in [1.82, 2.24) is 15.7 Å². The molecule has 5 heteroatoms. The van der Waals surface area contributed by atoms with Crippen molar-refractivity contribution < 1.29 is 4.94 Å². The smallest absolute Gasteiger partial charge is 0.0863 e. The highest BCUT2D eigenvalue weighted by Crippen LogP contribution is 1.97. The van der Waals surface area contributed by atoms with E-state index in [4.69, 9.17) is 4.94 Å². The summed E-state index contributed by atoms with van der Waals surface area (Å²) in [6, 6.07) is 0. The molecule has 1 aliphatic heterocycles. The molecule has 0 spiro atoms. The lowest BCUT2D eigenvalue weighted by Crippen LogP contribution is -2.33. The molecule has 0 aromatic carbocycles. The molecule has 0 unspecified atom stereocenters. The Morgan fingerprint density at radius 2 is 2.67 bits per heavy atom. The predicted octanol–water partition coefficient (Wildman–Crippen LogP) is 0.0134. The second-order valence-corrected chi connectivity index (χ2v) is 1.72. The predicted molar refractivity (Wildman–Crippen MR) is 36.6 cm³/mol. The van der Waals surface area contributed by atoms with Crippen molar-refractivity contribution in [2.75, 3.05) is 7.05 Å². The second kappa shape index (κ2) is 2.65. The zero-order chi connectivity index (χ0) is 6.69. The van der Waals surface area contributed by atoms with Gasteiger partial charge in [0, 0.05) is 13.2 Å². The van der Waals surface area contributed by atoms with Gasteiger partial charge in [-0.25, -0.2) is 5.48 Å². The van der Waals surface area contributed by atoms with Crippen molar-refractivity contribution in [3.8, 4) is 0 Å². The Hall–Kier alpha value is -0.810. The molecule has 0 radical (unpaired) electrons. The molecular weight excluding hydrogens is 138 g/mol. The SMILES string of the molecule is CN(C=S)N1C=CNO1. The maximum Gasteiger partial charge on any atom is 0.0863 e. The Morgan fingerprint density at radius 3 is 3.11 bits per heavy atom. The van der Waals surface area contributed by atoms with Crippen LogP contribution in [-0.2, 0) is 4.94 Å². The van der Waals surface area contributed by atoms with Crippen molar-refractivity contribution in [1.29, 1.82) is 0 Å². The molecule has 0 aromatic rings. The summed E-state index contributed by atoms with van der Waals surface area (Å²) in [5.41, 5.74) is 3.99. The number of nitrogens with zero attached hydrogens (tertiary/aromatic N) is 2. The molecule has 0 aliphatic carbocycles. The highest BCUT2D eigenvalue weighted by atomic mass is 32.1. The monoisotopic (exact) mass is 145 g/mol. The fraction of sp³-hybridized carbons (Fsp3) is 0.250. The number of rotatable bonds is 2. The first kappa shape index (κ1) is 6.31. The van der Waals surface area contributed by atoms with E-state index in [1.807, 2.05) is 0 Å². The van der Waals surface area contributed by atoms with Gasteiger partial charge in [-0.15, -0.1) is 10.1 Å². The quantitative estimate of drug-likeness (QED) is 0.553. The molecule has 0 aromatic heterocycles. The van der Waals surface area contributed by atoms with Gasteiger partial charge < -0.3 is 0 Å². The van der Waals surface area contributed by atoms with Crippen LogP contribution in [0.15, 0.2) is 12.4 Å². The van der Waals surface area contributed by atoms with Crippen LogP contribution in [0, 0.1) is 0 Å². The van der Waals surface area contributed by atoms with Crippen molar-refractivity contribution in [2.45, 2.75) is 0 Å². The Morgan fingerprint density at radius 1 is 1.89 bits per heavy atom. The Bertz CT molecular complexity index is 138. The standard InChI is InChI=1S/C4H7N3OS/c1-6(4-9)7-3-2-5-8-7/h2-5H,1H3. The van der Waals surface area contributed by atoms with Crippen LogP contribution in [0.25, 0.3) is 0 Å². The van der Waals surface area contributed by atoms with Gasteiger partial charge in [-0.3, -0.25) is 5.01 Å². The van der Waals surface area contributed by atoms with Crippen LogP contribution in [0.4, 0.5) is 0 Å². The Labute approximate surface area is 58.6 Å². The highest BCUT2D eigenvalue weighted by Gasteiger charge is 2.05. The average molecular weight is 145 g/mol. The van der Waals surface area contributed by atoms with Crippen LogP contribution < -0.4 is 5.48 Å². The van der Waals surface area contributed by atoms with Crippen LogP contribution in [0.5, 0.6) is 0 Å². The summed E-state index contributed by atoms with van der Waals surface area (Å²) in [4.78, 5) is 4.81. The normalized spacial score (nSPS) is 15.4. The molecule has 4 nitrogen and oxygen atoms in total. The summed E-state index contributed by atoms with van der Waals surface area (Å²) in [6.45, 7) is 0. The van der Waals surface area contributed by atoms with Crippen molar-refractivity contribution in [2.24, 2.45) is 0 Å². The highest BCUT2D eigenvalue weighted by molar-refractivity contribution is 7.78. The van der Waals surface area contributed by atoms with Crippen molar-refractivity contribution in [3.63, 3.8) is 0 Å². The fourth-order valence-electron chi connectivity index (χ4n) is 0.425. The zero-order valence-electron chi connectivity index (χ0n) is 4.94. The third-order valence-corrected chi connectivity index (χ3v) is 1.18. The van der Waals surface area contributed by atoms with Gasteiger partial charge in [0.2, 0.25) is 0 Å². The molecule has 0 saturated carbocycles. The van der Waals surface area contributed by atoms with Crippen LogP contribution in [0.1, 0.15) is 0 Å². The van der Waals surface area contributed by atoms with Gasteiger partial charge in [-0.2, -0.15) is 0 Å². The van der Waals surface area contributed by atoms with Crippen LogP contribution >= 0.6 is 12.2 Å². The van der Waals surface area contributed by atoms with Crippen molar-refractivity contribution in [3.05, 3.63) is 12.4 Å². The number of hydrogen-bond acceptors (Lipinski definition) is 4. The minimum atomic E-state index is 1.47. The van der Waals surface area contributed by atoms with E-state index in [2.05, 4.69) is 17.7 Å². The van der Waals surface area contributed by atoms with E-state index in [0.29, 0.717) is 0 Å². The van der Waals surface area contributed by atoms with E-state index >= 15 is 0 Å².